The van der Waals surface area contributed by atoms with E-state index in [9.17, 15) is 24.3 Å². The van der Waals surface area contributed by atoms with Crippen molar-refractivity contribution in [3.8, 4) is 0 Å². The van der Waals surface area contributed by atoms with E-state index < -0.39 is 17.6 Å². The van der Waals surface area contributed by atoms with Gasteiger partial charge >= 0.3 is 0 Å². The smallest absolute Gasteiger partial charge is 0.256 e. The summed E-state index contributed by atoms with van der Waals surface area (Å²) in [6.07, 6.45) is 3.69. The molecule has 1 aromatic rings. The number of carbonyl (C=O) groups excluding carboxylic acids is 4. The van der Waals surface area contributed by atoms with Gasteiger partial charge in [-0.05, 0) is 50.2 Å². The average Bonchev–Trinajstić information content (AvgIpc) is 3.16. The van der Waals surface area contributed by atoms with E-state index in [0.717, 1.165) is 45.6 Å². The zero-order valence-electron chi connectivity index (χ0n) is 20.2. The number of rotatable bonds is 4. The number of aromatic nitrogens is 1. The first-order valence-electron chi connectivity index (χ1n) is 12.6. The monoisotopic (exact) mass is 483 g/mol. The van der Waals surface area contributed by atoms with Gasteiger partial charge in [0.05, 0.1) is 23.5 Å². The number of amides is 4. The van der Waals surface area contributed by atoms with Gasteiger partial charge in [-0.2, -0.15) is 0 Å². The molecule has 1 aromatic heterocycles. The molecule has 1 unspecified atom stereocenters. The first-order valence-corrected chi connectivity index (χ1v) is 12.6. The minimum atomic E-state index is -1.05. The number of hydrogen-bond acceptors (Lipinski definition) is 7. The molecule has 2 N–H and O–H groups in total. The molecule has 5 rings (SSSR count). The molecule has 4 aliphatic rings. The summed E-state index contributed by atoms with van der Waals surface area (Å²) < 4.78 is 0. The lowest BCUT2D eigenvalue weighted by Crippen LogP contribution is -2.52. The molecule has 0 saturated carbocycles. The van der Waals surface area contributed by atoms with Crippen molar-refractivity contribution in [3.63, 3.8) is 0 Å². The van der Waals surface area contributed by atoms with Crippen LogP contribution in [0.25, 0.3) is 0 Å². The van der Waals surface area contributed by atoms with Crippen LogP contribution >= 0.6 is 0 Å². The van der Waals surface area contributed by atoms with Gasteiger partial charge in [-0.25, -0.2) is 0 Å². The number of nitrogens with zero attached hydrogens (tertiary/aromatic N) is 4. The van der Waals surface area contributed by atoms with Crippen LogP contribution in [0.3, 0.4) is 0 Å². The van der Waals surface area contributed by atoms with Gasteiger partial charge in [0.15, 0.2) is 0 Å². The van der Waals surface area contributed by atoms with Crippen LogP contribution in [0, 0.1) is 5.92 Å². The lowest BCUT2D eigenvalue weighted by molar-refractivity contribution is -0.137. The van der Waals surface area contributed by atoms with Crippen LogP contribution in [0.15, 0.2) is 12.1 Å². The summed E-state index contributed by atoms with van der Waals surface area (Å²) in [5.74, 6) is -0.299. The lowest BCUT2D eigenvalue weighted by Gasteiger charge is -2.40. The Kier molecular flexibility index (Phi) is 6.35. The van der Waals surface area contributed by atoms with E-state index in [0.29, 0.717) is 42.1 Å². The first kappa shape index (κ1) is 23.9. The zero-order valence-corrected chi connectivity index (χ0v) is 20.2. The van der Waals surface area contributed by atoms with E-state index in [1.54, 1.807) is 19.1 Å². The SMILES string of the molecule is CC(=O)N1CCC(CN2CCC(O)(c3ccc4c(n3)CN(C3CCC(=O)NC3=O)C4=O)CC2)CC1. The maximum Gasteiger partial charge on any atom is 0.256 e. The maximum absolute atomic E-state index is 12.9. The van der Waals surface area contributed by atoms with E-state index in [1.165, 1.54) is 4.90 Å². The standard InChI is InChI=1S/C25H33N5O5/c1-16(31)29-10-6-17(7-11-29)14-28-12-8-25(35,9-13-28)21-4-2-18-19(26-21)15-30(24(18)34)20-3-5-22(32)27-23(20)33/h2,4,17,20,35H,3,5-15H2,1H3,(H,27,32,33). The number of likely N-dealkylation sites (tertiary alicyclic amines) is 2. The average molecular weight is 484 g/mol. The largest absolute Gasteiger partial charge is 0.383 e. The Morgan fingerprint density at radius 2 is 1.83 bits per heavy atom. The number of fused-ring (bicyclic) bond motifs is 1. The number of carbonyl (C=O) groups is 4. The highest BCUT2D eigenvalue weighted by Gasteiger charge is 2.42. The third kappa shape index (κ3) is 4.69. The molecule has 1 atom stereocenters. The van der Waals surface area contributed by atoms with Crippen LogP contribution in [-0.2, 0) is 26.5 Å². The highest BCUT2D eigenvalue weighted by atomic mass is 16.3. The van der Waals surface area contributed by atoms with Crippen molar-refractivity contribution in [2.75, 3.05) is 32.7 Å². The molecule has 35 heavy (non-hydrogen) atoms. The van der Waals surface area contributed by atoms with E-state index >= 15 is 0 Å². The van der Waals surface area contributed by atoms with Gasteiger partial charge in [0.1, 0.15) is 11.6 Å². The van der Waals surface area contributed by atoms with Crippen LogP contribution in [0.5, 0.6) is 0 Å². The second-order valence-electron chi connectivity index (χ2n) is 10.4. The Morgan fingerprint density at radius 3 is 2.49 bits per heavy atom. The Hall–Kier alpha value is -2.85. The fourth-order valence-corrected chi connectivity index (χ4v) is 5.85. The number of pyridine rings is 1. The molecule has 0 aliphatic carbocycles. The highest BCUT2D eigenvalue weighted by molar-refractivity contribution is 6.05. The van der Waals surface area contributed by atoms with Crippen molar-refractivity contribution in [1.29, 1.82) is 0 Å². The summed E-state index contributed by atoms with van der Waals surface area (Å²) in [5.41, 5.74) is 0.555. The minimum absolute atomic E-state index is 0.148. The highest BCUT2D eigenvalue weighted by Crippen LogP contribution is 2.35. The Labute approximate surface area is 204 Å². The van der Waals surface area contributed by atoms with Crippen LogP contribution in [0.2, 0.25) is 0 Å². The molecule has 3 saturated heterocycles. The van der Waals surface area contributed by atoms with Gasteiger partial charge in [-0.1, -0.05) is 0 Å². The molecule has 4 amide bonds. The number of aliphatic hydroxyl groups is 1. The summed E-state index contributed by atoms with van der Waals surface area (Å²) in [4.78, 5) is 58.7. The summed E-state index contributed by atoms with van der Waals surface area (Å²) in [6.45, 7) is 6.00. The quantitative estimate of drug-likeness (QED) is 0.594. The van der Waals surface area contributed by atoms with Gasteiger partial charge in [0, 0.05) is 46.1 Å². The third-order valence-corrected chi connectivity index (χ3v) is 8.11. The molecular formula is C25H33N5O5. The predicted molar refractivity (Wildman–Crippen MR) is 125 cm³/mol. The Morgan fingerprint density at radius 1 is 1.11 bits per heavy atom. The number of piperidine rings is 3. The molecule has 0 spiro atoms. The van der Waals surface area contributed by atoms with Crippen LogP contribution in [-0.4, -0.2) is 87.2 Å². The summed E-state index contributed by atoms with van der Waals surface area (Å²) in [7, 11) is 0. The summed E-state index contributed by atoms with van der Waals surface area (Å²) in [5, 5.41) is 13.7. The van der Waals surface area contributed by atoms with Crippen molar-refractivity contribution >= 4 is 23.6 Å². The molecule has 0 radical (unpaired) electrons. The first-order chi connectivity index (χ1) is 16.7. The number of nitrogens with one attached hydrogen (secondary N) is 1. The second kappa shape index (κ2) is 9.31. The van der Waals surface area contributed by atoms with Crippen molar-refractivity contribution in [2.45, 2.75) is 63.6 Å². The fourth-order valence-electron chi connectivity index (χ4n) is 5.85. The molecule has 0 aromatic carbocycles. The fraction of sp³-hybridized carbons (Fsp3) is 0.640. The minimum Gasteiger partial charge on any atom is -0.383 e. The Bertz CT molecular complexity index is 1040. The van der Waals surface area contributed by atoms with Gasteiger partial charge in [-0.3, -0.25) is 29.5 Å². The molecule has 0 bridgehead atoms. The lowest BCUT2D eigenvalue weighted by atomic mass is 9.86. The molecule has 188 valence electrons. The summed E-state index contributed by atoms with van der Waals surface area (Å²) >= 11 is 0. The normalized spacial score (nSPS) is 25.5. The van der Waals surface area contributed by atoms with E-state index in [2.05, 4.69) is 15.2 Å². The van der Waals surface area contributed by atoms with Gasteiger partial charge in [0.25, 0.3) is 5.91 Å². The topological polar surface area (TPSA) is 123 Å². The van der Waals surface area contributed by atoms with Gasteiger partial charge < -0.3 is 19.8 Å². The predicted octanol–water partition coefficient (Wildman–Crippen LogP) is 0.385. The third-order valence-electron chi connectivity index (χ3n) is 8.11. The summed E-state index contributed by atoms with van der Waals surface area (Å²) in [6, 6.07) is 2.77. The molecule has 4 aliphatic heterocycles. The van der Waals surface area contributed by atoms with Gasteiger partial charge in [-0.15, -0.1) is 0 Å². The van der Waals surface area contributed by atoms with Crippen LogP contribution in [0.1, 0.15) is 67.2 Å². The second-order valence-corrected chi connectivity index (χ2v) is 10.4. The molecule has 3 fully saturated rings. The van der Waals surface area contributed by atoms with Gasteiger partial charge in [0.2, 0.25) is 17.7 Å². The van der Waals surface area contributed by atoms with E-state index in [-0.39, 0.29) is 30.7 Å². The maximum atomic E-state index is 12.9. The van der Waals surface area contributed by atoms with Crippen molar-refractivity contribution in [1.82, 2.24) is 25.0 Å². The van der Waals surface area contributed by atoms with E-state index in [1.807, 2.05) is 4.90 Å². The van der Waals surface area contributed by atoms with Crippen molar-refractivity contribution < 1.29 is 24.3 Å². The van der Waals surface area contributed by atoms with E-state index in [4.69, 9.17) is 0 Å². The van der Waals surface area contributed by atoms with Crippen molar-refractivity contribution in [2.24, 2.45) is 5.92 Å². The van der Waals surface area contributed by atoms with Crippen LogP contribution < -0.4 is 5.32 Å². The number of imide groups is 1. The van der Waals surface area contributed by atoms with Crippen LogP contribution in [0.4, 0.5) is 0 Å². The zero-order chi connectivity index (χ0) is 24.7. The molecular weight excluding hydrogens is 450 g/mol. The molecule has 10 heteroatoms. The van der Waals surface area contributed by atoms with Crippen molar-refractivity contribution in [3.05, 3.63) is 29.1 Å². The number of hydrogen-bond donors (Lipinski definition) is 2. The molecule has 10 nitrogen and oxygen atoms in total. The Balaban J connectivity index is 1.19. The molecule has 5 heterocycles.